The summed E-state index contributed by atoms with van der Waals surface area (Å²) in [6, 6.07) is 0.658. The van der Waals surface area contributed by atoms with Crippen molar-refractivity contribution in [1.82, 2.24) is 9.80 Å². The van der Waals surface area contributed by atoms with E-state index in [2.05, 4.69) is 37.6 Å². The van der Waals surface area contributed by atoms with Crippen LogP contribution in [0.5, 0.6) is 0 Å². The van der Waals surface area contributed by atoms with E-state index in [9.17, 15) is 4.79 Å². The summed E-state index contributed by atoms with van der Waals surface area (Å²) in [6.07, 6.45) is 5.57. The third-order valence-electron chi connectivity index (χ3n) is 4.85. The zero-order valence-corrected chi connectivity index (χ0v) is 12.6. The molecular weight excluding hydrogens is 224 g/mol. The molecule has 0 N–H and O–H groups in total. The molecule has 0 saturated carbocycles. The van der Waals surface area contributed by atoms with Crippen LogP contribution in [0.25, 0.3) is 0 Å². The highest BCUT2D eigenvalue weighted by Crippen LogP contribution is 2.27. The predicted molar refractivity (Wildman–Crippen MR) is 76.8 cm³/mol. The third kappa shape index (κ3) is 3.79. The van der Waals surface area contributed by atoms with Gasteiger partial charge in [0, 0.05) is 18.0 Å². The molecule has 18 heavy (non-hydrogen) atoms. The minimum atomic E-state index is -0.128. The lowest BCUT2D eigenvalue weighted by atomic mass is 9.83. The molecule has 0 aliphatic carbocycles. The normalized spacial score (nSPS) is 19.4. The molecule has 0 atom stereocenters. The van der Waals surface area contributed by atoms with E-state index in [1.54, 1.807) is 0 Å². The first-order valence-electron chi connectivity index (χ1n) is 7.49. The van der Waals surface area contributed by atoms with Crippen molar-refractivity contribution < 1.29 is 4.79 Å². The highest BCUT2D eigenvalue weighted by molar-refractivity contribution is 5.59. The molecule has 0 radical (unpaired) electrons. The molecular formula is C15H30N2O. The van der Waals surface area contributed by atoms with Gasteiger partial charge in [0.25, 0.3) is 0 Å². The molecule has 3 nitrogen and oxygen atoms in total. The van der Waals surface area contributed by atoms with E-state index in [0.29, 0.717) is 6.04 Å². The number of likely N-dealkylation sites (tertiary alicyclic amines) is 1. The summed E-state index contributed by atoms with van der Waals surface area (Å²) in [6.45, 7) is 11.0. The Balaban J connectivity index is 2.50. The predicted octanol–water partition coefficient (Wildman–Crippen LogP) is 2.41. The Hall–Kier alpha value is -0.410. The van der Waals surface area contributed by atoms with Crippen LogP contribution in [0, 0.1) is 5.41 Å². The van der Waals surface area contributed by atoms with Crippen LogP contribution in [0.3, 0.4) is 0 Å². The van der Waals surface area contributed by atoms with Crippen molar-refractivity contribution in [3.8, 4) is 0 Å². The largest absolute Gasteiger partial charge is 0.303 e. The Morgan fingerprint density at radius 1 is 1.22 bits per heavy atom. The summed E-state index contributed by atoms with van der Waals surface area (Å²) in [7, 11) is 2.19. The molecule has 1 aliphatic heterocycles. The van der Waals surface area contributed by atoms with Crippen LogP contribution >= 0.6 is 0 Å². The summed E-state index contributed by atoms with van der Waals surface area (Å²) in [5, 5.41) is 0. The van der Waals surface area contributed by atoms with E-state index in [4.69, 9.17) is 0 Å². The van der Waals surface area contributed by atoms with Crippen LogP contribution in [-0.4, -0.2) is 55.4 Å². The Bertz CT molecular complexity index is 243. The van der Waals surface area contributed by atoms with Crippen LogP contribution < -0.4 is 0 Å². The number of hydrogen-bond acceptors (Lipinski definition) is 3. The smallest absolute Gasteiger partial charge is 0.127 e. The molecule has 1 fully saturated rings. The van der Waals surface area contributed by atoms with Crippen LogP contribution in [0.2, 0.25) is 0 Å². The van der Waals surface area contributed by atoms with E-state index >= 15 is 0 Å². The lowest BCUT2D eigenvalue weighted by Crippen LogP contribution is -2.47. The second-order valence-electron chi connectivity index (χ2n) is 5.77. The van der Waals surface area contributed by atoms with Gasteiger partial charge in [-0.25, -0.2) is 0 Å². The van der Waals surface area contributed by atoms with Crippen molar-refractivity contribution >= 4 is 6.29 Å². The van der Waals surface area contributed by atoms with Crippen molar-refractivity contribution in [1.29, 1.82) is 0 Å². The minimum absolute atomic E-state index is 0.128. The lowest BCUT2D eigenvalue weighted by Gasteiger charge is -2.39. The maximum absolute atomic E-state index is 11.4. The number of rotatable bonds is 7. The van der Waals surface area contributed by atoms with Gasteiger partial charge in [0.05, 0.1) is 0 Å². The Morgan fingerprint density at radius 3 is 2.17 bits per heavy atom. The highest BCUT2D eigenvalue weighted by Gasteiger charge is 2.30. The van der Waals surface area contributed by atoms with Crippen LogP contribution in [-0.2, 0) is 4.79 Å². The number of aldehydes is 1. The molecule has 1 aliphatic rings. The first-order chi connectivity index (χ1) is 8.60. The molecule has 0 aromatic rings. The average molecular weight is 254 g/mol. The van der Waals surface area contributed by atoms with Gasteiger partial charge in [0.1, 0.15) is 6.29 Å². The fourth-order valence-electron chi connectivity index (χ4n) is 2.98. The Morgan fingerprint density at radius 2 is 1.78 bits per heavy atom. The molecule has 3 heteroatoms. The molecule has 0 aromatic heterocycles. The highest BCUT2D eigenvalue weighted by atomic mass is 16.1. The first kappa shape index (κ1) is 15.6. The SMILES string of the molecule is CCN1CCC(N(C)CC(C=O)(CC)CC)CC1. The molecule has 0 aromatic carbocycles. The zero-order chi connectivity index (χ0) is 13.6. The van der Waals surface area contributed by atoms with E-state index in [0.717, 1.165) is 19.4 Å². The first-order valence-corrected chi connectivity index (χ1v) is 7.49. The fourth-order valence-corrected chi connectivity index (χ4v) is 2.98. The maximum Gasteiger partial charge on any atom is 0.127 e. The second-order valence-corrected chi connectivity index (χ2v) is 5.77. The summed E-state index contributed by atoms with van der Waals surface area (Å²) in [4.78, 5) is 16.3. The van der Waals surface area contributed by atoms with Gasteiger partial charge in [-0.3, -0.25) is 0 Å². The zero-order valence-electron chi connectivity index (χ0n) is 12.6. The average Bonchev–Trinajstić information content (AvgIpc) is 2.45. The van der Waals surface area contributed by atoms with Crippen molar-refractivity contribution in [2.24, 2.45) is 5.41 Å². The van der Waals surface area contributed by atoms with Crippen molar-refractivity contribution in [2.75, 3.05) is 33.2 Å². The van der Waals surface area contributed by atoms with Gasteiger partial charge in [-0.15, -0.1) is 0 Å². The van der Waals surface area contributed by atoms with Gasteiger partial charge >= 0.3 is 0 Å². The van der Waals surface area contributed by atoms with Crippen LogP contribution in [0.15, 0.2) is 0 Å². The topological polar surface area (TPSA) is 23.6 Å². The van der Waals surface area contributed by atoms with Crippen molar-refractivity contribution in [3.05, 3.63) is 0 Å². The summed E-state index contributed by atoms with van der Waals surface area (Å²) < 4.78 is 0. The van der Waals surface area contributed by atoms with Crippen LogP contribution in [0.1, 0.15) is 46.5 Å². The number of hydrogen-bond donors (Lipinski definition) is 0. The van der Waals surface area contributed by atoms with Gasteiger partial charge in [-0.05, 0) is 52.4 Å². The van der Waals surface area contributed by atoms with Gasteiger partial charge in [-0.2, -0.15) is 0 Å². The van der Waals surface area contributed by atoms with Gasteiger partial charge in [0.2, 0.25) is 0 Å². The molecule has 0 spiro atoms. The van der Waals surface area contributed by atoms with Crippen molar-refractivity contribution in [3.63, 3.8) is 0 Å². The third-order valence-corrected chi connectivity index (χ3v) is 4.85. The Labute approximate surface area is 113 Å². The molecule has 0 unspecified atom stereocenters. The number of carbonyl (C=O) groups is 1. The molecule has 1 saturated heterocycles. The lowest BCUT2D eigenvalue weighted by molar-refractivity contribution is -0.118. The monoisotopic (exact) mass is 254 g/mol. The minimum Gasteiger partial charge on any atom is -0.303 e. The quantitative estimate of drug-likeness (QED) is 0.652. The van der Waals surface area contributed by atoms with Crippen molar-refractivity contribution in [2.45, 2.75) is 52.5 Å². The molecule has 106 valence electrons. The standard InChI is InChI=1S/C15H30N2O/c1-5-15(6-2,13-18)12-16(4)14-8-10-17(7-3)11-9-14/h13-14H,5-12H2,1-4H3. The summed E-state index contributed by atoms with van der Waals surface area (Å²) >= 11 is 0. The number of nitrogens with zero attached hydrogens (tertiary/aromatic N) is 2. The fraction of sp³-hybridized carbons (Fsp3) is 0.933. The summed E-state index contributed by atoms with van der Waals surface area (Å²) in [5.74, 6) is 0. The number of piperidine rings is 1. The van der Waals surface area contributed by atoms with Gasteiger partial charge < -0.3 is 14.6 Å². The van der Waals surface area contributed by atoms with Crippen LogP contribution in [0.4, 0.5) is 0 Å². The van der Waals surface area contributed by atoms with E-state index in [1.807, 2.05) is 0 Å². The Kier molecular flexibility index (Phi) is 6.30. The second kappa shape index (κ2) is 7.25. The van der Waals surface area contributed by atoms with E-state index in [1.165, 1.54) is 38.8 Å². The molecule has 1 heterocycles. The van der Waals surface area contributed by atoms with E-state index < -0.39 is 0 Å². The number of carbonyl (C=O) groups excluding carboxylic acids is 1. The molecule has 0 bridgehead atoms. The van der Waals surface area contributed by atoms with Gasteiger partial charge in [0.15, 0.2) is 0 Å². The van der Waals surface area contributed by atoms with Gasteiger partial charge in [-0.1, -0.05) is 20.8 Å². The molecule has 0 amide bonds. The maximum atomic E-state index is 11.4. The molecule has 1 rings (SSSR count). The summed E-state index contributed by atoms with van der Waals surface area (Å²) in [5.41, 5.74) is -0.128. The van der Waals surface area contributed by atoms with E-state index in [-0.39, 0.29) is 5.41 Å².